The molecule has 1 aromatic heterocycles. The molecule has 1 heterocycles. The Labute approximate surface area is 150 Å². The van der Waals surface area contributed by atoms with Gasteiger partial charge in [0.05, 0.1) is 21.6 Å². The van der Waals surface area contributed by atoms with Gasteiger partial charge in [-0.15, -0.1) is 0 Å². The van der Waals surface area contributed by atoms with Crippen molar-refractivity contribution in [3.8, 4) is 0 Å². The smallest absolute Gasteiger partial charge is 0.314 e. The summed E-state index contributed by atoms with van der Waals surface area (Å²) in [7, 11) is -3.83. The molecule has 136 valence electrons. The molecule has 0 amide bonds. The molecule has 7 nitrogen and oxygen atoms in total. The number of aromatic nitrogens is 2. The van der Waals surface area contributed by atoms with Crippen molar-refractivity contribution in [3.63, 3.8) is 0 Å². The number of H-pyrrole nitrogens is 2. The largest absolute Gasteiger partial charge is 0.316 e. The van der Waals surface area contributed by atoms with E-state index in [9.17, 15) is 18.0 Å². The average Bonchev–Trinajstić information content (AvgIpc) is 2.59. The van der Waals surface area contributed by atoms with Crippen LogP contribution in [0.2, 0.25) is 0 Å². The third-order valence-electron chi connectivity index (χ3n) is 4.35. The van der Waals surface area contributed by atoms with E-state index in [0.29, 0.717) is 11.2 Å². The zero-order valence-electron chi connectivity index (χ0n) is 14.7. The zero-order chi connectivity index (χ0) is 19.1. The van der Waals surface area contributed by atoms with Gasteiger partial charge in [0.25, 0.3) is 10.0 Å². The minimum Gasteiger partial charge on any atom is -0.316 e. The number of hydrogen-bond acceptors (Lipinski definition) is 4. The van der Waals surface area contributed by atoms with E-state index in [1.165, 1.54) is 22.5 Å². The topological polar surface area (TPSA) is 103 Å². The van der Waals surface area contributed by atoms with Crippen LogP contribution in [-0.2, 0) is 10.0 Å². The Morgan fingerprint density at radius 1 is 0.885 bits per heavy atom. The number of nitrogens with zero attached hydrogens (tertiary/aromatic N) is 1. The average molecular weight is 373 g/mol. The molecule has 0 radical (unpaired) electrons. The van der Waals surface area contributed by atoms with Crippen LogP contribution in [0.1, 0.15) is 18.1 Å². The predicted molar refractivity (Wildman–Crippen MR) is 101 cm³/mol. The molecule has 26 heavy (non-hydrogen) atoms. The zero-order valence-corrected chi connectivity index (χ0v) is 15.5. The fourth-order valence-electron chi connectivity index (χ4n) is 2.75. The summed E-state index contributed by atoms with van der Waals surface area (Å²) in [6.45, 7) is 5.90. The molecule has 0 atom stereocenters. The summed E-state index contributed by atoms with van der Waals surface area (Å²) in [6, 6.07) is 9.71. The summed E-state index contributed by atoms with van der Waals surface area (Å²) >= 11 is 0. The van der Waals surface area contributed by atoms with Crippen molar-refractivity contribution < 1.29 is 8.42 Å². The van der Waals surface area contributed by atoms with Crippen molar-refractivity contribution in [1.82, 2.24) is 9.97 Å². The van der Waals surface area contributed by atoms with E-state index in [1.54, 1.807) is 13.0 Å². The van der Waals surface area contributed by atoms with E-state index in [-0.39, 0.29) is 17.0 Å². The van der Waals surface area contributed by atoms with E-state index >= 15 is 0 Å². The lowest BCUT2D eigenvalue weighted by molar-refractivity contribution is 0.592. The Morgan fingerprint density at radius 3 is 2.15 bits per heavy atom. The number of sulfonamides is 1. The van der Waals surface area contributed by atoms with E-state index in [1.807, 2.05) is 26.0 Å². The summed E-state index contributed by atoms with van der Waals surface area (Å²) in [5.41, 5.74) is 1.67. The number of aryl methyl sites for hydroxylation is 2. The number of hydrogen-bond donors (Lipinski definition) is 2. The highest BCUT2D eigenvalue weighted by Crippen LogP contribution is 2.26. The van der Waals surface area contributed by atoms with Gasteiger partial charge < -0.3 is 9.97 Å². The third-order valence-corrected chi connectivity index (χ3v) is 6.25. The number of anilines is 1. The van der Waals surface area contributed by atoms with Crippen LogP contribution in [0.3, 0.4) is 0 Å². The first kappa shape index (κ1) is 17.9. The molecule has 2 N–H and O–H groups in total. The Bertz CT molecular complexity index is 1210. The van der Waals surface area contributed by atoms with Crippen LogP contribution in [0.15, 0.2) is 50.9 Å². The van der Waals surface area contributed by atoms with Crippen LogP contribution >= 0.6 is 0 Å². The number of fused-ring (bicyclic) bond motifs is 1. The lowest BCUT2D eigenvalue weighted by Crippen LogP contribution is -2.31. The van der Waals surface area contributed by atoms with Gasteiger partial charge in [0, 0.05) is 6.54 Å². The van der Waals surface area contributed by atoms with Crippen molar-refractivity contribution >= 4 is 26.7 Å². The summed E-state index contributed by atoms with van der Waals surface area (Å²) in [6.07, 6.45) is 0. The molecule has 0 saturated heterocycles. The molecule has 0 spiro atoms. The first-order chi connectivity index (χ1) is 12.2. The lowest BCUT2D eigenvalue weighted by atomic mass is 10.1. The summed E-state index contributed by atoms with van der Waals surface area (Å²) < 4.78 is 27.5. The van der Waals surface area contributed by atoms with Crippen LogP contribution in [0.25, 0.3) is 11.0 Å². The second-order valence-corrected chi connectivity index (χ2v) is 7.92. The fraction of sp³-hybridized carbons (Fsp3) is 0.222. The van der Waals surface area contributed by atoms with Crippen molar-refractivity contribution in [1.29, 1.82) is 0 Å². The van der Waals surface area contributed by atoms with Crippen molar-refractivity contribution in [3.05, 3.63) is 68.2 Å². The molecule has 3 rings (SSSR count). The molecule has 0 unspecified atom stereocenters. The number of nitrogens with one attached hydrogen (secondary N) is 2. The molecule has 3 aromatic rings. The Hall–Kier alpha value is -2.87. The molecule has 0 aliphatic rings. The molecule has 0 fully saturated rings. The van der Waals surface area contributed by atoms with Gasteiger partial charge in [-0.2, -0.15) is 0 Å². The van der Waals surface area contributed by atoms with Crippen molar-refractivity contribution in [2.45, 2.75) is 25.7 Å². The molecule has 0 aliphatic heterocycles. The van der Waals surface area contributed by atoms with Crippen LogP contribution in [0.4, 0.5) is 5.69 Å². The maximum atomic E-state index is 13.1. The Balaban J connectivity index is 2.14. The summed E-state index contributed by atoms with van der Waals surface area (Å²) in [5.74, 6) is 0. The molecule has 0 bridgehead atoms. The SMILES string of the molecule is CCN(c1ccc(C)c(C)c1)S(=O)(=O)c1ccc2[nH]c(=O)c(=O)[nH]c2c1. The van der Waals surface area contributed by atoms with Gasteiger partial charge in [-0.05, 0) is 62.2 Å². The number of aromatic amines is 2. The highest BCUT2D eigenvalue weighted by atomic mass is 32.2. The van der Waals surface area contributed by atoms with Gasteiger partial charge in [-0.25, -0.2) is 8.42 Å². The first-order valence-corrected chi connectivity index (χ1v) is 9.54. The highest BCUT2D eigenvalue weighted by molar-refractivity contribution is 7.92. The maximum absolute atomic E-state index is 13.1. The Kier molecular flexibility index (Phi) is 4.45. The standard InChI is InChI=1S/C18H19N3O4S/c1-4-21(13-6-5-11(2)12(3)9-13)26(24,25)14-7-8-15-16(10-14)20-18(23)17(22)19-15/h5-10H,4H2,1-3H3,(H,19,22)(H,20,23). The van der Waals surface area contributed by atoms with Crippen LogP contribution in [-0.4, -0.2) is 24.9 Å². The highest BCUT2D eigenvalue weighted by Gasteiger charge is 2.24. The molecular formula is C18H19N3O4S. The molecule has 0 aliphatic carbocycles. The number of rotatable bonds is 4. The fourth-order valence-corrected chi connectivity index (χ4v) is 4.25. The first-order valence-electron chi connectivity index (χ1n) is 8.10. The Morgan fingerprint density at radius 2 is 1.54 bits per heavy atom. The predicted octanol–water partition coefficient (Wildman–Crippen LogP) is 2.05. The maximum Gasteiger partial charge on any atom is 0.314 e. The number of benzene rings is 2. The van der Waals surface area contributed by atoms with E-state index in [2.05, 4.69) is 9.97 Å². The second kappa shape index (κ2) is 6.45. The molecule has 0 saturated carbocycles. The van der Waals surface area contributed by atoms with Crippen molar-refractivity contribution in [2.75, 3.05) is 10.8 Å². The van der Waals surface area contributed by atoms with E-state index < -0.39 is 21.1 Å². The van der Waals surface area contributed by atoms with Gasteiger partial charge in [0.2, 0.25) is 0 Å². The summed E-state index contributed by atoms with van der Waals surface area (Å²) in [5, 5.41) is 0. The molecular weight excluding hydrogens is 354 g/mol. The van der Waals surface area contributed by atoms with Gasteiger partial charge in [0.1, 0.15) is 0 Å². The van der Waals surface area contributed by atoms with Crippen molar-refractivity contribution in [2.24, 2.45) is 0 Å². The minimum atomic E-state index is -3.83. The van der Waals surface area contributed by atoms with E-state index in [0.717, 1.165) is 11.1 Å². The lowest BCUT2D eigenvalue weighted by Gasteiger charge is -2.23. The van der Waals surface area contributed by atoms with Gasteiger partial charge in [-0.1, -0.05) is 6.07 Å². The molecule has 2 aromatic carbocycles. The normalized spacial score (nSPS) is 11.7. The molecule has 8 heteroatoms. The van der Waals surface area contributed by atoms with Gasteiger partial charge in [0.15, 0.2) is 0 Å². The quantitative estimate of drug-likeness (QED) is 0.683. The monoisotopic (exact) mass is 373 g/mol. The third kappa shape index (κ3) is 3.03. The minimum absolute atomic E-state index is 0.0350. The van der Waals surface area contributed by atoms with Gasteiger partial charge >= 0.3 is 11.1 Å². The van der Waals surface area contributed by atoms with Crippen LogP contribution in [0, 0.1) is 13.8 Å². The van der Waals surface area contributed by atoms with Crippen LogP contribution < -0.4 is 15.4 Å². The summed E-state index contributed by atoms with van der Waals surface area (Å²) in [4.78, 5) is 27.8. The van der Waals surface area contributed by atoms with Crippen LogP contribution in [0.5, 0.6) is 0 Å². The second-order valence-electron chi connectivity index (χ2n) is 6.05. The van der Waals surface area contributed by atoms with E-state index in [4.69, 9.17) is 0 Å². The van der Waals surface area contributed by atoms with Gasteiger partial charge in [-0.3, -0.25) is 13.9 Å².